The molecule has 0 spiro atoms. The first-order valence-corrected chi connectivity index (χ1v) is 16.4. The Bertz CT molecular complexity index is 2200. The summed E-state index contributed by atoms with van der Waals surface area (Å²) >= 11 is 0. The van der Waals surface area contributed by atoms with E-state index in [4.69, 9.17) is 0 Å². The van der Waals surface area contributed by atoms with Crippen LogP contribution in [0.15, 0.2) is 96.1 Å². The van der Waals surface area contributed by atoms with E-state index in [1.54, 1.807) is 40.4 Å². The van der Waals surface area contributed by atoms with Crippen molar-refractivity contribution in [2.45, 2.75) is 25.6 Å². The maximum atomic E-state index is 15.1. The molecule has 0 radical (unpaired) electrons. The lowest BCUT2D eigenvalue weighted by Gasteiger charge is -2.47. The van der Waals surface area contributed by atoms with E-state index in [0.717, 1.165) is 22.0 Å². The molecule has 11 heteroatoms. The summed E-state index contributed by atoms with van der Waals surface area (Å²) in [6.45, 7) is 3.15. The van der Waals surface area contributed by atoms with E-state index in [1.807, 2.05) is 67.5 Å². The van der Waals surface area contributed by atoms with Crippen LogP contribution in [0.3, 0.4) is 0 Å². The number of piperazine rings is 1. The molecule has 7 rings (SSSR count). The number of pyridine rings is 3. The molecule has 49 heavy (non-hydrogen) atoms. The molecule has 1 aliphatic carbocycles. The number of aromatic nitrogens is 3. The zero-order valence-corrected chi connectivity index (χ0v) is 27.6. The number of nitrogens with zero attached hydrogens (tertiary/aromatic N) is 6. The van der Waals surface area contributed by atoms with Crippen LogP contribution in [0.4, 0.5) is 13.2 Å². The van der Waals surface area contributed by atoms with Gasteiger partial charge in [-0.2, -0.15) is 13.2 Å². The van der Waals surface area contributed by atoms with Crippen molar-refractivity contribution in [3.05, 3.63) is 102 Å². The van der Waals surface area contributed by atoms with Crippen LogP contribution < -0.4 is 5.56 Å². The molecule has 2 aliphatic rings. The number of hydrogen-bond donors (Lipinski definition) is 0. The van der Waals surface area contributed by atoms with Crippen molar-refractivity contribution < 1.29 is 18.0 Å². The van der Waals surface area contributed by atoms with E-state index < -0.39 is 23.2 Å². The van der Waals surface area contributed by atoms with Gasteiger partial charge in [0.25, 0.3) is 5.56 Å². The van der Waals surface area contributed by atoms with Gasteiger partial charge in [0.1, 0.15) is 5.41 Å². The molecule has 5 aromatic rings. The van der Waals surface area contributed by atoms with Crippen molar-refractivity contribution in [2.24, 2.45) is 5.41 Å². The fraction of sp³-hybridized carbons (Fsp3) is 0.316. The Morgan fingerprint density at radius 1 is 0.918 bits per heavy atom. The molecule has 1 saturated heterocycles. The second kappa shape index (κ2) is 12.5. The predicted molar refractivity (Wildman–Crippen MR) is 187 cm³/mol. The van der Waals surface area contributed by atoms with Gasteiger partial charge in [-0.05, 0) is 69.1 Å². The third-order valence-electron chi connectivity index (χ3n) is 9.85. The first-order chi connectivity index (χ1) is 23.4. The van der Waals surface area contributed by atoms with Crippen molar-refractivity contribution in [1.29, 1.82) is 0 Å². The minimum Gasteiger partial charge on any atom is -0.340 e. The SMILES string of the molecule is CN(C)CCC(=O)N1CCN(C2C=CC(n3c(=O)ccc4cnc5ccc(-c6cnc7ccccc7c6)cc5c43)=CC2(C)C(F)(F)F)CC1. The van der Waals surface area contributed by atoms with Gasteiger partial charge in [0, 0.05) is 91.1 Å². The first kappa shape index (κ1) is 32.7. The summed E-state index contributed by atoms with van der Waals surface area (Å²) in [6, 6.07) is 17.6. The number of carbonyl (C=O) groups excluding carboxylic acids is 1. The minimum absolute atomic E-state index is 0.00499. The molecule has 0 bridgehead atoms. The number of para-hydroxylation sites is 1. The molecule has 1 fully saturated rings. The summed E-state index contributed by atoms with van der Waals surface area (Å²) in [7, 11) is 3.79. The number of rotatable bonds is 6. The first-order valence-electron chi connectivity index (χ1n) is 16.4. The van der Waals surface area contributed by atoms with Crippen LogP contribution in [0, 0.1) is 5.41 Å². The summed E-state index contributed by atoms with van der Waals surface area (Å²) in [6.07, 6.45) is 3.55. The van der Waals surface area contributed by atoms with E-state index in [2.05, 4.69) is 9.97 Å². The van der Waals surface area contributed by atoms with Gasteiger partial charge in [0.2, 0.25) is 5.91 Å². The van der Waals surface area contributed by atoms with Crippen LogP contribution in [-0.4, -0.2) is 94.2 Å². The Kier molecular flexibility index (Phi) is 8.36. The topological polar surface area (TPSA) is 74.6 Å². The van der Waals surface area contributed by atoms with Crippen molar-refractivity contribution in [3.63, 3.8) is 0 Å². The Balaban J connectivity index is 1.28. The second-order valence-electron chi connectivity index (χ2n) is 13.3. The molecule has 2 atom stereocenters. The third kappa shape index (κ3) is 6.02. The molecule has 1 aliphatic heterocycles. The van der Waals surface area contributed by atoms with Gasteiger partial charge in [0.05, 0.1) is 16.6 Å². The third-order valence-corrected chi connectivity index (χ3v) is 9.85. The Labute approximate surface area is 281 Å². The van der Waals surface area contributed by atoms with Gasteiger partial charge in [0.15, 0.2) is 0 Å². The summed E-state index contributed by atoms with van der Waals surface area (Å²) < 4.78 is 46.8. The quantitative estimate of drug-likeness (QED) is 0.201. The van der Waals surface area contributed by atoms with Gasteiger partial charge in [-0.25, -0.2) is 0 Å². The fourth-order valence-corrected chi connectivity index (χ4v) is 7.02. The highest BCUT2D eigenvalue weighted by atomic mass is 19.4. The normalized spacial score (nSPS) is 20.4. The number of fused-ring (bicyclic) bond motifs is 4. The minimum atomic E-state index is -4.62. The van der Waals surface area contributed by atoms with Crippen molar-refractivity contribution in [3.8, 4) is 11.1 Å². The molecule has 2 aromatic carbocycles. The Hall–Kier alpha value is -4.87. The highest BCUT2D eigenvalue weighted by Gasteiger charge is 2.56. The van der Waals surface area contributed by atoms with Crippen LogP contribution in [-0.2, 0) is 4.79 Å². The average molecular weight is 667 g/mol. The van der Waals surface area contributed by atoms with Crippen LogP contribution in [0.1, 0.15) is 13.3 Å². The lowest BCUT2D eigenvalue weighted by Crippen LogP contribution is -2.59. The number of carbonyl (C=O) groups is 1. The van der Waals surface area contributed by atoms with Gasteiger partial charge < -0.3 is 9.80 Å². The fourth-order valence-electron chi connectivity index (χ4n) is 7.02. The zero-order valence-electron chi connectivity index (χ0n) is 27.6. The summed E-state index contributed by atoms with van der Waals surface area (Å²) in [5.74, 6) is 0.00499. The van der Waals surface area contributed by atoms with Gasteiger partial charge in [-0.3, -0.25) is 29.0 Å². The molecule has 4 heterocycles. The number of halogens is 3. The van der Waals surface area contributed by atoms with Gasteiger partial charge >= 0.3 is 6.18 Å². The van der Waals surface area contributed by atoms with E-state index in [1.165, 1.54) is 23.6 Å². The number of alkyl halides is 3. The molecule has 0 N–H and O–H groups in total. The monoisotopic (exact) mass is 666 g/mol. The zero-order chi connectivity index (χ0) is 34.5. The molecule has 1 amide bonds. The van der Waals surface area contributed by atoms with E-state index in [9.17, 15) is 9.59 Å². The van der Waals surface area contributed by atoms with Crippen molar-refractivity contribution in [2.75, 3.05) is 46.8 Å². The number of amides is 1. The van der Waals surface area contributed by atoms with Gasteiger partial charge in [-0.1, -0.05) is 30.3 Å². The smallest absolute Gasteiger partial charge is 0.340 e. The van der Waals surface area contributed by atoms with Gasteiger partial charge in [-0.15, -0.1) is 0 Å². The second-order valence-corrected chi connectivity index (χ2v) is 13.3. The van der Waals surface area contributed by atoms with E-state index in [-0.39, 0.29) is 11.6 Å². The highest BCUT2D eigenvalue weighted by molar-refractivity contribution is 6.06. The van der Waals surface area contributed by atoms with Crippen LogP contribution in [0.2, 0.25) is 0 Å². The molecule has 8 nitrogen and oxygen atoms in total. The number of hydrogen-bond acceptors (Lipinski definition) is 6. The Morgan fingerprint density at radius 2 is 1.67 bits per heavy atom. The highest BCUT2D eigenvalue weighted by Crippen LogP contribution is 2.48. The molecular weight excluding hydrogens is 629 g/mol. The standard InChI is InChI=1S/C38H37F3N6O2/c1-37(38(39,40)41)22-29(10-12-33(37)45-16-18-46(19-17-45)34(48)14-15-44(2)3)47-35(49)13-9-27-23-43-32-11-8-25(21-30(32)36(27)47)28-20-26-6-4-5-7-31(26)42-24-28/h4-13,20-24,33H,14-19H2,1-3H3. The number of allylic oxidation sites excluding steroid dienone is 2. The van der Waals surface area contributed by atoms with Crippen LogP contribution in [0.5, 0.6) is 0 Å². The maximum Gasteiger partial charge on any atom is 0.399 e. The van der Waals surface area contributed by atoms with E-state index >= 15 is 13.2 Å². The predicted octanol–water partition coefficient (Wildman–Crippen LogP) is 6.21. The number of benzene rings is 2. The molecule has 2 unspecified atom stereocenters. The van der Waals surface area contributed by atoms with Crippen LogP contribution >= 0.6 is 0 Å². The summed E-state index contributed by atoms with van der Waals surface area (Å²) in [5.41, 5.74) is 1.07. The van der Waals surface area contributed by atoms with Crippen molar-refractivity contribution >= 4 is 44.3 Å². The lowest BCUT2D eigenvalue weighted by molar-refractivity contribution is -0.216. The summed E-state index contributed by atoms with van der Waals surface area (Å²) in [4.78, 5) is 41.0. The molecule has 0 saturated carbocycles. The molecular formula is C38H37F3N6O2. The lowest BCUT2D eigenvalue weighted by atomic mass is 9.76. The average Bonchev–Trinajstić information content (AvgIpc) is 3.09. The largest absolute Gasteiger partial charge is 0.399 e. The van der Waals surface area contributed by atoms with E-state index in [0.29, 0.717) is 61.0 Å². The Morgan fingerprint density at radius 3 is 2.43 bits per heavy atom. The van der Waals surface area contributed by atoms with Crippen LogP contribution in [0.25, 0.3) is 49.5 Å². The van der Waals surface area contributed by atoms with Crippen molar-refractivity contribution in [1.82, 2.24) is 29.2 Å². The molecule has 252 valence electrons. The summed E-state index contributed by atoms with van der Waals surface area (Å²) in [5, 5.41) is 2.24. The maximum absolute atomic E-state index is 15.1. The molecule has 3 aromatic heterocycles.